The second-order valence-electron chi connectivity index (χ2n) is 5.40. The highest BCUT2D eigenvalue weighted by Crippen LogP contribution is 2.36. The van der Waals surface area contributed by atoms with Gasteiger partial charge in [-0.15, -0.1) is 11.6 Å². The monoisotopic (exact) mass is 278 g/mol. The Labute approximate surface area is 111 Å². The third kappa shape index (κ3) is 3.64. The van der Waals surface area contributed by atoms with Gasteiger partial charge in [-0.05, 0) is 48.9 Å². The average Bonchev–Trinajstić information content (AvgIpc) is 2.13. The first-order chi connectivity index (χ1) is 8.04. The van der Waals surface area contributed by atoms with Crippen molar-refractivity contribution in [3.05, 3.63) is 34.9 Å². The molecule has 0 spiro atoms. The fourth-order valence-electron chi connectivity index (χ4n) is 2.41. The Balaban J connectivity index is 3.13. The van der Waals surface area contributed by atoms with Crippen LogP contribution in [0.3, 0.4) is 0 Å². The maximum atomic E-state index is 12.6. The van der Waals surface area contributed by atoms with Crippen LogP contribution in [0, 0.1) is 6.92 Å². The zero-order valence-corrected chi connectivity index (χ0v) is 11.8. The van der Waals surface area contributed by atoms with E-state index in [2.05, 4.69) is 0 Å². The minimum atomic E-state index is -4.28. The summed E-state index contributed by atoms with van der Waals surface area (Å²) >= 11 is 5.99. The normalized spacial score (nSPS) is 14.7. The van der Waals surface area contributed by atoms with Crippen LogP contribution in [-0.4, -0.2) is 5.38 Å². The van der Waals surface area contributed by atoms with Crippen molar-refractivity contribution < 1.29 is 13.2 Å². The van der Waals surface area contributed by atoms with Crippen LogP contribution in [0.4, 0.5) is 13.2 Å². The molecule has 0 fully saturated rings. The first-order valence-corrected chi connectivity index (χ1v) is 6.30. The number of hydrogen-bond donors (Lipinski definition) is 0. The summed E-state index contributed by atoms with van der Waals surface area (Å²) in [6, 6.07) is 3.91. The molecule has 0 radical (unpaired) electrons. The van der Waals surface area contributed by atoms with Gasteiger partial charge >= 0.3 is 6.18 Å². The Bertz CT molecular complexity index is 420. The molecule has 1 atom stereocenters. The topological polar surface area (TPSA) is 0 Å². The second-order valence-corrected chi connectivity index (χ2v) is 6.14. The van der Waals surface area contributed by atoms with Crippen LogP contribution in [0.15, 0.2) is 18.2 Å². The van der Waals surface area contributed by atoms with Crippen molar-refractivity contribution in [3.63, 3.8) is 0 Å². The molecule has 0 aromatic heterocycles. The van der Waals surface area contributed by atoms with E-state index in [1.54, 1.807) is 13.0 Å². The molecule has 0 N–H and O–H groups in total. The maximum absolute atomic E-state index is 12.6. The molecule has 1 rings (SSSR count). The van der Waals surface area contributed by atoms with Gasteiger partial charge in [-0.2, -0.15) is 13.2 Å². The fraction of sp³-hybridized carbons (Fsp3) is 0.571. The molecule has 0 heterocycles. The lowest BCUT2D eigenvalue weighted by Gasteiger charge is -2.28. The van der Waals surface area contributed by atoms with E-state index in [-0.39, 0.29) is 10.8 Å². The predicted octanol–water partition coefficient (Wildman–Crippen LogP) is 5.31. The number of alkyl halides is 4. The van der Waals surface area contributed by atoms with Gasteiger partial charge in [-0.25, -0.2) is 0 Å². The lowest BCUT2D eigenvalue weighted by Crippen LogP contribution is -2.22. The molecule has 0 nitrogen and oxygen atoms in total. The summed E-state index contributed by atoms with van der Waals surface area (Å²) in [6.07, 6.45) is -3.56. The van der Waals surface area contributed by atoms with Crippen LogP contribution in [0.2, 0.25) is 0 Å². The van der Waals surface area contributed by atoms with E-state index in [0.717, 1.165) is 18.1 Å². The van der Waals surface area contributed by atoms with E-state index in [9.17, 15) is 13.2 Å². The van der Waals surface area contributed by atoms with E-state index < -0.39 is 11.7 Å². The van der Waals surface area contributed by atoms with Crippen molar-refractivity contribution in [2.24, 2.45) is 0 Å². The third-order valence-electron chi connectivity index (χ3n) is 3.07. The van der Waals surface area contributed by atoms with Gasteiger partial charge in [-0.1, -0.05) is 19.9 Å². The lowest BCUT2D eigenvalue weighted by atomic mass is 9.78. The Morgan fingerprint density at radius 2 is 1.78 bits per heavy atom. The molecule has 18 heavy (non-hydrogen) atoms. The summed E-state index contributed by atoms with van der Waals surface area (Å²) in [5.74, 6) is 0. The molecule has 4 heteroatoms. The molecular weight excluding hydrogens is 261 g/mol. The molecule has 1 unspecified atom stereocenters. The first-order valence-electron chi connectivity index (χ1n) is 5.86. The summed E-state index contributed by atoms with van der Waals surface area (Å²) in [4.78, 5) is 0. The van der Waals surface area contributed by atoms with Crippen molar-refractivity contribution in [2.45, 2.75) is 51.1 Å². The number of aryl methyl sites for hydroxylation is 1. The number of benzene rings is 1. The summed E-state index contributed by atoms with van der Waals surface area (Å²) in [6.45, 7) is 7.61. The van der Waals surface area contributed by atoms with Crippen LogP contribution in [-0.2, 0) is 11.6 Å². The zero-order valence-electron chi connectivity index (χ0n) is 11.0. The van der Waals surface area contributed by atoms with Gasteiger partial charge in [-0.3, -0.25) is 0 Å². The van der Waals surface area contributed by atoms with Crippen LogP contribution < -0.4 is 0 Å². The van der Waals surface area contributed by atoms with Gasteiger partial charge in [0.1, 0.15) is 0 Å². The molecular formula is C14H18ClF3. The molecule has 0 amide bonds. The van der Waals surface area contributed by atoms with Crippen molar-refractivity contribution in [2.75, 3.05) is 0 Å². The van der Waals surface area contributed by atoms with Gasteiger partial charge in [0.2, 0.25) is 0 Å². The predicted molar refractivity (Wildman–Crippen MR) is 69.1 cm³/mol. The molecule has 1 aromatic carbocycles. The fourth-order valence-corrected chi connectivity index (χ4v) is 2.80. The molecule has 0 aliphatic carbocycles. The quantitative estimate of drug-likeness (QED) is 0.657. The highest BCUT2D eigenvalue weighted by molar-refractivity contribution is 6.20. The van der Waals surface area contributed by atoms with Gasteiger partial charge < -0.3 is 0 Å². The van der Waals surface area contributed by atoms with Gasteiger partial charge in [0.15, 0.2) is 0 Å². The Kier molecular flexibility index (Phi) is 4.37. The molecule has 1 aromatic rings. The molecule has 102 valence electrons. The van der Waals surface area contributed by atoms with E-state index in [4.69, 9.17) is 11.6 Å². The maximum Gasteiger partial charge on any atom is 0.416 e. The molecule has 0 aliphatic heterocycles. The van der Waals surface area contributed by atoms with Gasteiger partial charge in [0, 0.05) is 5.38 Å². The summed E-state index contributed by atoms with van der Waals surface area (Å²) in [7, 11) is 0. The molecule has 0 bridgehead atoms. The molecule has 0 saturated carbocycles. The average molecular weight is 279 g/mol. The molecule has 0 aliphatic rings. The van der Waals surface area contributed by atoms with Gasteiger partial charge in [0.05, 0.1) is 5.56 Å². The van der Waals surface area contributed by atoms with Crippen LogP contribution in [0.5, 0.6) is 0 Å². The van der Waals surface area contributed by atoms with Crippen LogP contribution in [0.25, 0.3) is 0 Å². The van der Waals surface area contributed by atoms with E-state index >= 15 is 0 Å². The number of rotatable bonds is 3. The van der Waals surface area contributed by atoms with Crippen LogP contribution >= 0.6 is 11.6 Å². The summed E-state index contributed by atoms with van der Waals surface area (Å²) in [5.41, 5.74) is 0.753. The first kappa shape index (κ1) is 15.4. The lowest BCUT2D eigenvalue weighted by molar-refractivity contribution is -0.137. The minimum Gasteiger partial charge on any atom is -0.166 e. The van der Waals surface area contributed by atoms with Crippen LogP contribution in [0.1, 0.15) is 43.9 Å². The zero-order chi connectivity index (χ0) is 14.1. The van der Waals surface area contributed by atoms with E-state index in [1.807, 2.05) is 20.8 Å². The standard InChI is InChI=1S/C14H18ClF3/c1-9-7-11(14(16,17)18)5-6-12(9)13(3,4)8-10(2)15/h5-7,10H,8H2,1-4H3. The third-order valence-corrected chi connectivity index (χ3v) is 3.23. The Morgan fingerprint density at radius 1 is 1.22 bits per heavy atom. The largest absolute Gasteiger partial charge is 0.416 e. The van der Waals surface area contributed by atoms with Gasteiger partial charge in [0.25, 0.3) is 0 Å². The van der Waals surface area contributed by atoms with Crippen molar-refractivity contribution >= 4 is 11.6 Å². The number of hydrogen-bond acceptors (Lipinski definition) is 0. The minimum absolute atomic E-state index is 0.0123. The van der Waals surface area contributed by atoms with Crippen molar-refractivity contribution in [1.82, 2.24) is 0 Å². The van der Waals surface area contributed by atoms with Crippen molar-refractivity contribution in [1.29, 1.82) is 0 Å². The summed E-state index contributed by atoms with van der Waals surface area (Å²) in [5, 5.41) is -0.0123. The Morgan fingerprint density at radius 3 is 2.17 bits per heavy atom. The Hall–Kier alpha value is -0.700. The van der Waals surface area contributed by atoms with E-state index in [0.29, 0.717) is 5.56 Å². The second kappa shape index (κ2) is 5.12. The smallest absolute Gasteiger partial charge is 0.166 e. The molecule has 0 saturated heterocycles. The highest BCUT2D eigenvalue weighted by Gasteiger charge is 2.32. The number of halogens is 4. The van der Waals surface area contributed by atoms with Crippen molar-refractivity contribution in [3.8, 4) is 0 Å². The highest BCUT2D eigenvalue weighted by atomic mass is 35.5. The van der Waals surface area contributed by atoms with E-state index in [1.165, 1.54) is 6.07 Å². The summed E-state index contributed by atoms with van der Waals surface area (Å²) < 4.78 is 37.8. The SMILES string of the molecule is Cc1cc(C(F)(F)F)ccc1C(C)(C)CC(C)Cl.